The third kappa shape index (κ3) is 1.52. The van der Waals surface area contributed by atoms with Crippen LogP contribution in [0, 0.1) is 13.8 Å². The van der Waals surface area contributed by atoms with Crippen molar-refractivity contribution in [3.05, 3.63) is 40.5 Å². The summed E-state index contributed by atoms with van der Waals surface area (Å²) >= 11 is 6.07. The van der Waals surface area contributed by atoms with Crippen LogP contribution in [0.15, 0.2) is 24.3 Å². The van der Waals surface area contributed by atoms with Crippen molar-refractivity contribution in [2.75, 3.05) is 0 Å². The van der Waals surface area contributed by atoms with Crippen molar-refractivity contribution in [2.45, 2.75) is 13.8 Å². The highest BCUT2D eigenvalue weighted by atomic mass is 35.5. The number of rotatable bonds is 0. The predicted octanol–water partition coefficient (Wildman–Crippen LogP) is 3.51. The average molecular weight is 192 g/mol. The lowest BCUT2D eigenvalue weighted by atomic mass is 10.1. The first-order chi connectivity index (χ1) is 6.16. The summed E-state index contributed by atoms with van der Waals surface area (Å²) in [6.07, 6.45) is 0. The van der Waals surface area contributed by atoms with Crippen LogP contribution in [0.1, 0.15) is 11.3 Å². The number of benzene rings is 1. The molecule has 13 heavy (non-hydrogen) atoms. The Bertz CT molecular complexity index is 463. The van der Waals surface area contributed by atoms with E-state index in [0.717, 1.165) is 21.6 Å². The van der Waals surface area contributed by atoms with Crippen LogP contribution < -0.4 is 0 Å². The summed E-state index contributed by atoms with van der Waals surface area (Å²) < 4.78 is 0. The number of hydrogen-bond acceptors (Lipinski definition) is 1. The molecular weight excluding hydrogens is 182 g/mol. The molecule has 66 valence electrons. The fourth-order valence-electron chi connectivity index (χ4n) is 1.43. The summed E-state index contributed by atoms with van der Waals surface area (Å²) in [6.45, 7) is 4.00. The van der Waals surface area contributed by atoms with Gasteiger partial charge in [0.25, 0.3) is 0 Å². The van der Waals surface area contributed by atoms with Crippen molar-refractivity contribution in [2.24, 2.45) is 0 Å². The molecule has 1 nitrogen and oxygen atoms in total. The summed E-state index contributed by atoms with van der Waals surface area (Å²) in [5.41, 5.74) is 3.06. The third-order valence-corrected chi connectivity index (χ3v) is 2.32. The Morgan fingerprint density at radius 3 is 2.69 bits per heavy atom. The molecule has 0 radical (unpaired) electrons. The predicted molar refractivity (Wildman–Crippen MR) is 56.2 cm³/mol. The van der Waals surface area contributed by atoms with Crippen molar-refractivity contribution < 1.29 is 0 Å². The summed E-state index contributed by atoms with van der Waals surface area (Å²) in [6, 6.07) is 8.08. The number of halogens is 1. The molecule has 0 spiro atoms. The van der Waals surface area contributed by atoms with E-state index in [0.29, 0.717) is 0 Å². The zero-order valence-electron chi connectivity index (χ0n) is 7.63. The van der Waals surface area contributed by atoms with Gasteiger partial charge in [-0.25, -0.2) is 0 Å². The van der Waals surface area contributed by atoms with Gasteiger partial charge < -0.3 is 0 Å². The summed E-state index contributed by atoms with van der Waals surface area (Å²) in [5.74, 6) is 0. The molecule has 0 saturated carbocycles. The molecular formula is C11H10ClN. The Balaban J connectivity index is 2.87. The van der Waals surface area contributed by atoms with E-state index >= 15 is 0 Å². The Morgan fingerprint density at radius 1 is 1.15 bits per heavy atom. The minimum Gasteiger partial charge on any atom is -0.252 e. The quantitative estimate of drug-likeness (QED) is 0.621. The molecule has 2 heteroatoms. The van der Waals surface area contributed by atoms with Gasteiger partial charge >= 0.3 is 0 Å². The van der Waals surface area contributed by atoms with Crippen LogP contribution in [-0.2, 0) is 0 Å². The molecule has 1 aromatic heterocycles. The number of nitrogens with zero attached hydrogens (tertiary/aromatic N) is 1. The van der Waals surface area contributed by atoms with Crippen LogP contribution in [0.3, 0.4) is 0 Å². The molecule has 0 aliphatic carbocycles. The molecule has 0 saturated heterocycles. The van der Waals surface area contributed by atoms with Crippen molar-refractivity contribution in [3.8, 4) is 0 Å². The maximum absolute atomic E-state index is 6.07. The summed E-state index contributed by atoms with van der Waals surface area (Å²) in [5, 5.41) is 1.84. The number of hydrogen-bond donors (Lipinski definition) is 0. The van der Waals surface area contributed by atoms with Gasteiger partial charge in [0.2, 0.25) is 0 Å². The molecule has 0 aliphatic rings. The van der Waals surface area contributed by atoms with Crippen LogP contribution in [0.2, 0.25) is 5.02 Å². The van der Waals surface area contributed by atoms with Crippen molar-refractivity contribution in [3.63, 3.8) is 0 Å². The smallest absolute Gasteiger partial charge is 0.0891 e. The van der Waals surface area contributed by atoms with Gasteiger partial charge in [-0.05, 0) is 37.6 Å². The largest absolute Gasteiger partial charge is 0.252 e. The number of fused-ring (bicyclic) bond motifs is 1. The topological polar surface area (TPSA) is 12.9 Å². The maximum atomic E-state index is 6.07. The summed E-state index contributed by atoms with van der Waals surface area (Å²) in [4.78, 5) is 4.38. The normalized spacial score (nSPS) is 10.7. The van der Waals surface area contributed by atoms with E-state index in [2.05, 4.69) is 17.1 Å². The van der Waals surface area contributed by atoms with Gasteiger partial charge in [-0.3, -0.25) is 4.98 Å². The lowest BCUT2D eigenvalue weighted by Crippen LogP contribution is -1.85. The molecule has 0 amide bonds. The molecule has 2 rings (SSSR count). The average Bonchev–Trinajstić information content (AvgIpc) is 2.06. The van der Waals surface area contributed by atoms with Crippen molar-refractivity contribution in [1.82, 2.24) is 4.98 Å². The first kappa shape index (κ1) is 8.52. The highest BCUT2D eigenvalue weighted by Crippen LogP contribution is 2.23. The van der Waals surface area contributed by atoms with Gasteiger partial charge in [-0.2, -0.15) is 0 Å². The molecule has 0 bridgehead atoms. The van der Waals surface area contributed by atoms with Gasteiger partial charge in [0.1, 0.15) is 0 Å². The maximum Gasteiger partial charge on any atom is 0.0891 e. The van der Waals surface area contributed by atoms with E-state index in [1.54, 1.807) is 0 Å². The molecule has 0 N–H and O–H groups in total. The van der Waals surface area contributed by atoms with E-state index in [9.17, 15) is 0 Å². The first-order valence-corrected chi connectivity index (χ1v) is 4.58. The highest BCUT2D eigenvalue weighted by Gasteiger charge is 2.01. The monoisotopic (exact) mass is 191 g/mol. The molecule has 0 atom stereocenters. The highest BCUT2D eigenvalue weighted by molar-refractivity contribution is 6.35. The number of pyridine rings is 1. The second kappa shape index (κ2) is 3.00. The molecule has 0 aliphatic heterocycles. The third-order valence-electron chi connectivity index (χ3n) is 2.03. The lowest BCUT2D eigenvalue weighted by Gasteiger charge is -2.02. The molecule has 0 unspecified atom stereocenters. The second-order valence-corrected chi connectivity index (χ2v) is 3.68. The fourth-order valence-corrected chi connectivity index (χ4v) is 1.75. The summed E-state index contributed by atoms with van der Waals surface area (Å²) in [7, 11) is 0. The molecule has 0 fully saturated rings. The minimum absolute atomic E-state index is 0.735. The lowest BCUT2D eigenvalue weighted by molar-refractivity contribution is 1.25. The standard InChI is InChI=1S/C11H10ClN/c1-7-5-9-4-3-8(2)13-11(9)10(12)6-7/h3-6H,1-2H3. The minimum atomic E-state index is 0.735. The Labute approximate surface area is 82.4 Å². The van der Waals surface area contributed by atoms with Crippen LogP contribution in [-0.4, -0.2) is 4.98 Å². The fraction of sp³-hybridized carbons (Fsp3) is 0.182. The number of aromatic nitrogens is 1. The van der Waals surface area contributed by atoms with Gasteiger partial charge in [-0.15, -0.1) is 0 Å². The van der Waals surface area contributed by atoms with Crippen molar-refractivity contribution in [1.29, 1.82) is 0 Å². The van der Waals surface area contributed by atoms with Crippen LogP contribution in [0.4, 0.5) is 0 Å². The Kier molecular flexibility index (Phi) is 1.97. The van der Waals surface area contributed by atoms with Crippen molar-refractivity contribution >= 4 is 22.5 Å². The van der Waals surface area contributed by atoms with Gasteiger partial charge in [-0.1, -0.05) is 17.7 Å². The van der Waals surface area contributed by atoms with E-state index in [1.165, 1.54) is 5.56 Å². The first-order valence-electron chi connectivity index (χ1n) is 4.20. The van der Waals surface area contributed by atoms with Gasteiger partial charge in [0.15, 0.2) is 0 Å². The van der Waals surface area contributed by atoms with E-state index in [4.69, 9.17) is 11.6 Å². The van der Waals surface area contributed by atoms with Gasteiger partial charge in [0.05, 0.1) is 10.5 Å². The zero-order valence-corrected chi connectivity index (χ0v) is 8.39. The van der Waals surface area contributed by atoms with Crippen LogP contribution >= 0.6 is 11.6 Å². The molecule has 1 heterocycles. The van der Waals surface area contributed by atoms with Crippen LogP contribution in [0.25, 0.3) is 10.9 Å². The Morgan fingerprint density at radius 2 is 1.92 bits per heavy atom. The van der Waals surface area contributed by atoms with Crippen LogP contribution in [0.5, 0.6) is 0 Å². The number of aryl methyl sites for hydroxylation is 2. The SMILES string of the molecule is Cc1cc(Cl)c2nc(C)ccc2c1. The molecule has 1 aromatic carbocycles. The second-order valence-electron chi connectivity index (χ2n) is 3.27. The van der Waals surface area contributed by atoms with E-state index in [1.807, 2.05) is 26.0 Å². The Hall–Kier alpha value is -1.08. The van der Waals surface area contributed by atoms with E-state index < -0.39 is 0 Å². The van der Waals surface area contributed by atoms with Gasteiger partial charge in [0, 0.05) is 11.1 Å². The van der Waals surface area contributed by atoms with E-state index in [-0.39, 0.29) is 0 Å². The zero-order chi connectivity index (χ0) is 9.42. The molecule has 2 aromatic rings.